The van der Waals surface area contributed by atoms with Crippen molar-refractivity contribution in [1.29, 1.82) is 0 Å². The fourth-order valence-corrected chi connectivity index (χ4v) is 2.92. The zero-order chi connectivity index (χ0) is 20.8. The molecule has 29 heavy (non-hydrogen) atoms. The van der Waals surface area contributed by atoms with Gasteiger partial charge >= 0.3 is 0 Å². The van der Waals surface area contributed by atoms with Gasteiger partial charge in [0.05, 0.1) is 15.7 Å². The summed E-state index contributed by atoms with van der Waals surface area (Å²) in [6, 6.07) is 10.1. The van der Waals surface area contributed by atoms with Crippen LogP contribution in [0.15, 0.2) is 60.1 Å². The van der Waals surface area contributed by atoms with Crippen molar-refractivity contribution in [3.63, 3.8) is 0 Å². The molecule has 6 nitrogen and oxygen atoms in total. The molecule has 0 fully saturated rings. The first-order valence-electron chi connectivity index (χ1n) is 8.80. The van der Waals surface area contributed by atoms with Gasteiger partial charge in [-0.1, -0.05) is 29.3 Å². The SMILES string of the molecule is CC(=O)NCCN1C=COC(c2cc(O)ccc2N=Cc2ccc(Cl)c(Cl)c2)=C1. The number of nitrogens with one attached hydrogen (secondary N) is 1. The highest BCUT2D eigenvalue weighted by Gasteiger charge is 2.14. The Labute approximate surface area is 178 Å². The van der Waals surface area contributed by atoms with Gasteiger partial charge in [-0.25, -0.2) is 0 Å². The molecule has 0 saturated carbocycles. The van der Waals surface area contributed by atoms with Gasteiger partial charge in [-0.3, -0.25) is 9.79 Å². The number of halogens is 2. The summed E-state index contributed by atoms with van der Waals surface area (Å²) in [7, 11) is 0. The van der Waals surface area contributed by atoms with Crippen LogP contribution < -0.4 is 5.32 Å². The van der Waals surface area contributed by atoms with E-state index in [2.05, 4.69) is 10.3 Å². The van der Waals surface area contributed by atoms with Crippen LogP contribution in [-0.2, 0) is 9.53 Å². The maximum absolute atomic E-state index is 11.0. The van der Waals surface area contributed by atoms with E-state index in [9.17, 15) is 9.90 Å². The Morgan fingerprint density at radius 3 is 2.83 bits per heavy atom. The molecule has 1 heterocycles. The normalized spacial score (nSPS) is 13.3. The number of carbonyl (C=O) groups is 1. The van der Waals surface area contributed by atoms with Crippen molar-refractivity contribution < 1.29 is 14.6 Å². The highest BCUT2D eigenvalue weighted by atomic mass is 35.5. The number of benzene rings is 2. The van der Waals surface area contributed by atoms with Crippen molar-refractivity contribution in [1.82, 2.24) is 10.2 Å². The fraction of sp³-hybridized carbons (Fsp3) is 0.143. The summed E-state index contributed by atoms with van der Waals surface area (Å²) in [5.74, 6) is 0.531. The average molecular weight is 432 g/mol. The Morgan fingerprint density at radius 1 is 1.24 bits per heavy atom. The number of carbonyl (C=O) groups excluding carboxylic acids is 1. The van der Waals surface area contributed by atoms with Crippen molar-refractivity contribution >= 4 is 46.8 Å². The third-order valence-corrected chi connectivity index (χ3v) is 4.76. The Balaban J connectivity index is 1.84. The highest BCUT2D eigenvalue weighted by Crippen LogP contribution is 2.32. The first-order valence-corrected chi connectivity index (χ1v) is 9.56. The van der Waals surface area contributed by atoms with Gasteiger partial charge in [0.15, 0.2) is 5.76 Å². The van der Waals surface area contributed by atoms with E-state index < -0.39 is 0 Å². The second kappa shape index (κ2) is 9.49. The molecule has 2 N–H and O–H groups in total. The van der Waals surface area contributed by atoms with Crippen molar-refractivity contribution in [3.05, 3.63) is 76.2 Å². The summed E-state index contributed by atoms with van der Waals surface area (Å²) < 4.78 is 5.63. The number of phenols is 1. The number of aliphatic imine (C=N–C) groups is 1. The molecule has 0 radical (unpaired) electrons. The standard InChI is InChI=1S/C21H19Cl2N3O3/c1-14(27)24-6-7-26-8-9-29-21(13-26)17-11-16(28)3-5-20(17)25-12-15-2-4-18(22)19(23)10-15/h2-5,8-13,28H,6-7H2,1H3,(H,24,27). The minimum Gasteiger partial charge on any atom is -0.508 e. The summed E-state index contributed by atoms with van der Waals surface area (Å²) in [6.07, 6.45) is 6.74. The number of nitrogens with zero attached hydrogens (tertiary/aromatic N) is 2. The van der Waals surface area contributed by atoms with E-state index in [1.807, 2.05) is 4.90 Å². The minimum atomic E-state index is -0.0849. The third kappa shape index (κ3) is 5.76. The minimum absolute atomic E-state index is 0.0849. The number of hydrogen-bond acceptors (Lipinski definition) is 5. The van der Waals surface area contributed by atoms with Crippen LogP contribution in [0.4, 0.5) is 5.69 Å². The Morgan fingerprint density at radius 2 is 2.07 bits per heavy atom. The van der Waals surface area contributed by atoms with Crippen LogP contribution in [0.1, 0.15) is 18.1 Å². The van der Waals surface area contributed by atoms with Crippen molar-refractivity contribution in [2.45, 2.75) is 6.92 Å². The molecule has 0 atom stereocenters. The first kappa shape index (κ1) is 20.8. The molecule has 8 heteroatoms. The number of phenolic OH excluding ortho intramolecular Hbond substituents is 1. The van der Waals surface area contributed by atoms with Crippen LogP contribution in [0.2, 0.25) is 10.0 Å². The second-order valence-corrected chi connectivity index (χ2v) is 7.06. The lowest BCUT2D eigenvalue weighted by Crippen LogP contribution is -2.29. The third-order valence-electron chi connectivity index (χ3n) is 4.02. The van der Waals surface area contributed by atoms with Gasteiger partial charge in [0.2, 0.25) is 5.91 Å². The number of ether oxygens (including phenoxy) is 1. The maximum Gasteiger partial charge on any atom is 0.216 e. The summed E-state index contributed by atoms with van der Waals surface area (Å²) in [6.45, 7) is 2.54. The van der Waals surface area contributed by atoms with Crippen LogP contribution in [0.5, 0.6) is 5.75 Å². The van der Waals surface area contributed by atoms with E-state index in [-0.39, 0.29) is 11.7 Å². The van der Waals surface area contributed by atoms with Gasteiger partial charge in [0, 0.05) is 44.2 Å². The molecule has 0 aliphatic carbocycles. The van der Waals surface area contributed by atoms with E-state index >= 15 is 0 Å². The van der Waals surface area contributed by atoms with Gasteiger partial charge < -0.3 is 20.1 Å². The molecule has 1 amide bonds. The van der Waals surface area contributed by atoms with Crippen molar-refractivity contribution in [3.8, 4) is 5.75 Å². The van der Waals surface area contributed by atoms with Gasteiger partial charge in [-0.05, 0) is 35.9 Å². The lowest BCUT2D eigenvalue weighted by Gasteiger charge is -2.22. The second-order valence-electron chi connectivity index (χ2n) is 6.25. The highest BCUT2D eigenvalue weighted by molar-refractivity contribution is 6.42. The van der Waals surface area contributed by atoms with Gasteiger partial charge in [-0.2, -0.15) is 0 Å². The molecular formula is C21H19Cl2N3O3. The van der Waals surface area contributed by atoms with Crippen molar-refractivity contribution in [2.75, 3.05) is 13.1 Å². The predicted molar refractivity (Wildman–Crippen MR) is 115 cm³/mol. The molecular weight excluding hydrogens is 413 g/mol. The van der Waals surface area contributed by atoms with Crippen LogP contribution in [0, 0.1) is 0 Å². The average Bonchev–Trinajstić information content (AvgIpc) is 2.69. The molecule has 1 aliphatic heterocycles. The summed E-state index contributed by atoms with van der Waals surface area (Å²) in [5, 5.41) is 13.6. The number of amides is 1. The summed E-state index contributed by atoms with van der Waals surface area (Å²) >= 11 is 12.0. The zero-order valence-electron chi connectivity index (χ0n) is 15.6. The fourth-order valence-electron chi connectivity index (χ4n) is 2.61. The van der Waals surface area contributed by atoms with E-state index in [1.165, 1.54) is 6.92 Å². The summed E-state index contributed by atoms with van der Waals surface area (Å²) in [5.41, 5.74) is 2.02. The molecule has 0 spiro atoms. The van der Waals surface area contributed by atoms with Crippen molar-refractivity contribution in [2.24, 2.45) is 4.99 Å². The van der Waals surface area contributed by atoms with E-state index in [0.717, 1.165) is 5.56 Å². The monoisotopic (exact) mass is 431 g/mol. The molecule has 0 saturated heterocycles. The molecule has 0 aromatic heterocycles. The van der Waals surface area contributed by atoms with Gasteiger partial charge in [0.25, 0.3) is 0 Å². The number of rotatable bonds is 6. The van der Waals surface area contributed by atoms with Crippen LogP contribution >= 0.6 is 23.2 Å². The van der Waals surface area contributed by atoms with Gasteiger partial charge in [0.1, 0.15) is 12.0 Å². The Bertz CT molecular complexity index is 1000. The predicted octanol–water partition coefficient (Wildman–Crippen LogP) is 4.69. The largest absolute Gasteiger partial charge is 0.508 e. The molecule has 0 bridgehead atoms. The van der Waals surface area contributed by atoms with E-state index in [0.29, 0.717) is 40.1 Å². The van der Waals surface area contributed by atoms with Crippen LogP contribution in [0.3, 0.4) is 0 Å². The topological polar surface area (TPSA) is 74.2 Å². The van der Waals surface area contributed by atoms with Crippen LogP contribution in [0.25, 0.3) is 5.76 Å². The Hall–Kier alpha value is -2.96. The lowest BCUT2D eigenvalue weighted by atomic mass is 10.1. The Kier molecular flexibility index (Phi) is 6.80. The van der Waals surface area contributed by atoms with Gasteiger partial charge in [-0.15, -0.1) is 0 Å². The molecule has 150 valence electrons. The smallest absolute Gasteiger partial charge is 0.216 e. The van der Waals surface area contributed by atoms with Crippen LogP contribution in [-0.4, -0.2) is 35.2 Å². The maximum atomic E-state index is 11.0. The molecule has 1 aliphatic rings. The molecule has 0 unspecified atom stereocenters. The van der Waals surface area contributed by atoms with E-state index in [1.54, 1.807) is 61.3 Å². The first-order chi connectivity index (χ1) is 13.9. The zero-order valence-corrected chi connectivity index (χ0v) is 17.1. The molecule has 3 rings (SSSR count). The lowest BCUT2D eigenvalue weighted by molar-refractivity contribution is -0.118. The number of hydrogen-bond donors (Lipinski definition) is 2. The summed E-state index contributed by atoms with van der Waals surface area (Å²) in [4.78, 5) is 17.4. The number of aromatic hydroxyl groups is 1. The van der Waals surface area contributed by atoms with E-state index in [4.69, 9.17) is 27.9 Å². The molecule has 2 aromatic carbocycles. The molecule has 2 aromatic rings. The quantitative estimate of drug-likeness (QED) is 0.650.